The van der Waals surface area contributed by atoms with Crippen LogP contribution in [-0.2, 0) is 10.0 Å². The highest BCUT2D eigenvalue weighted by atomic mass is 32.2. The van der Waals surface area contributed by atoms with E-state index in [9.17, 15) is 8.42 Å². The van der Waals surface area contributed by atoms with Crippen LogP contribution in [0.3, 0.4) is 0 Å². The Kier molecular flexibility index (Phi) is 4.95. The Labute approximate surface area is 120 Å². The fourth-order valence-corrected chi connectivity index (χ4v) is 3.63. The fraction of sp³-hybridized carbons (Fsp3) is 0.615. The standard InChI is InChI=1S/C13H22N4O2S/c1-10-2-4-11(5-3-10)9-16-20(18,19)12-6-7-15-13(8-12)17-14/h6-8,10-11,16H,2-5,9,14H2,1H3,(H,15,17). The van der Waals surface area contributed by atoms with Gasteiger partial charge in [-0.15, -0.1) is 0 Å². The number of aromatic nitrogens is 1. The van der Waals surface area contributed by atoms with Crippen molar-refractivity contribution >= 4 is 15.8 Å². The second-order valence-electron chi connectivity index (χ2n) is 5.50. The van der Waals surface area contributed by atoms with Gasteiger partial charge in [-0.25, -0.2) is 24.0 Å². The van der Waals surface area contributed by atoms with Crippen molar-refractivity contribution in [2.45, 2.75) is 37.5 Å². The molecule has 1 aliphatic rings. The van der Waals surface area contributed by atoms with Crippen LogP contribution in [-0.4, -0.2) is 19.9 Å². The summed E-state index contributed by atoms with van der Waals surface area (Å²) in [4.78, 5) is 4.09. The number of nitrogens with one attached hydrogen (secondary N) is 2. The van der Waals surface area contributed by atoms with Crippen LogP contribution in [0.2, 0.25) is 0 Å². The molecule has 0 aromatic carbocycles. The van der Waals surface area contributed by atoms with Gasteiger partial charge in [0, 0.05) is 18.8 Å². The largest absolute Gasteiger partial charge is 0.308 e. The van der Waals surface area contributed by atoms with Gasteiger partial charge in [0.1, 0.15) is 5.82 Å². The van der Waals surface area contributed by atoms with Crippen LogP contribution >= 0.6 is 0 Å². The molecule has 0 spiro atoms. The van der Waals surface area contributed by atoms with Gasteiger partial charge < -0.3 is 5.43 Å². The summed E-state index contributed by atoms with van der Waals surface area (Å²) in [7, 11) is -3.49. The Bertz CT molecular complexity index is 539. The molecule has 0 unspecified atom stereocenters. The Morgan fingerprint density at radius 2 is 2.05 bits per heavy atom. The second-order valence-corrected chi connectivity index (χ2v) is 7.27. The molecule has 1 saturated carbocycles. The first-order valence-electron chi connectivity index (χ1n) is 6.93. The van der Waals surface area contributed by atoms with Crippen LogP contribution in [0.4, 0.5) is 5.82 Å². The first-order valence-corrected chi connectivity index (χ1v) is 8.42. The van der Waals surface area contributed by atoms with E-state index >= 15 is 0 Å². The Morgan fingerprint density at radius 3 is 2.70 bits per heavy atom. The van der Waals surface area contributed by atoms with Gasteiger partial charge in [-0.3, -0.25) is 0 Å². The summed E-state index contributed by atoms with van der Waals surface area (Å²) >= 11 is 0. The summed E-state index contributed by atoms with van der Waals surface area (Å²) in [5.74, 6) is 6.78. The molecule has 1 aromatic rings. The fourth-order valence-electron chi connectivity index (χ4n) is 2.50. The van der Waals surface area contributed by atoms with Crippen LogP contribution in [0.15, 0.2) is 23.2 Å². The Morgan fingerprint density at radius 1 is 1.35 bits per heavy atom. The first kappa shape index (κ1) is 15.2. The SMILES string of the molecule is CC1CCC(CNS(=O)(=O)c2ccnc(NN)c2)CC1. The third-order valence-electron chi connectivity index (χ3n) is 3.89. The van der Waals surface area contributed by atoms with Gasteiger partial charge in [-0.05, 0) is 30.7 Å². The van der Waals surface area contributed by atoms with E-state index in [1.54, 1.807) is 0 Å². The average molecular weight is 298 g/mol. The molecule has 1 aliphatic carbocycles. The highest BCUT2D eigenvalue weighted by Gasteiger charge is 2.21. The maximum absolute atomic E-state index is 12.2. The minimum Gasteiger partial charge on any atom is -0.308 e. The first-order chi connectivity index (χ1) is 9.51. The maximum atomic E-state index is 12.2. The van der Waals surface area contributed by atoms with Crippen molar-refractivity contribution in [2.75, 3.05) is 12.0 Å². The van der Waals surface area contributed by atoms with Crippen molar-refractivity contribution < 1.29 is 8.42 Å². The summed E-state index contributed by atoms with van der Waals surface area (Å²) < 4.78 is 27.1. The van der Waals surface area contributed by atoms with E-state index in [1.165, 1.54) is 31.2 Å². The van der Waals surface area contributed by atoms with Crippen molar-refractivity contribution in [3.63, 3.8) is 0 Å². The molecule has 0 bridgehead atoms. The molecule has 6 nitrogen and oxygen atoms in total. The minimum absolute atomic E-state index is 0.185. The molecule has 0 saturated heterocycles. The van der Waals surface area contributed by atoms with E-state index in [0.717, 1.165) is 18.8 Å². The average Bonchev–Trinajstić information content (AvgIpc) is 2.47. The zero-order valence-electron chi connectivity index (χ0n) is 11.7. The van der Waals surface area contributed by atoms with E-state index < -0.39 is 10.0 Å². The van der Waals surface area contributed by atoms with Gasteiger partial charge >= 0.3 is 0 Å². The molecule has 1 fully saturated rings. The number of nitrogens with two attached hydrogens (primary N) is 1. The number of pyridine rings is 1. The van der Waals surface area contributed by atoms with Gasteiger partial charge in [0.2, 0.25) is 10.0 Å². The highest BCUT2D eigenvalue weighted by Crippen LogP contribution is 2.28. The Hall–Kier alpha value is -1.18. The lowest BCUT2D eigenvalue weighted by Gasteiger charge is -2.26. The molecule has 0 radical (unpaired) electrons. The van der Waals surface area contributed by atoms with Crippen molar-refractivity contribution in [3.8, 4) is 0 Å². The van der Waals surface area contributed by atoms with Crippen LogP contribution in [0.5, 0.6) is 0 Å². The zero-order chi connectivity index (χ0) is 14.6. The molecule has 7 heteroatoms. The van der Waals surface area contributed by atoms with Crippen molar-refractivity contribution in [1.29, 1.82) is 0 Å². The summed E-state index contributed by atoms with van der Waals surface area (Å²) in [5.41, 5.74) is 2.35. The van der Waals surface area contributed by atoms with E-state index in [2.05, 4.69) is 22.1 Å². The minimum atomic E-state index is -3.49. The maximum Gasteiger partial charge on any atom is 0.240 e. The second kappa shape index (κ2) is 6.51. The molecule has 20 heavy (non-hydrogen) atoms. The van der Waals surface area contributed by atoms with Crippen molar-refractivity contribution in [2.24, 2.45) is 17.7 Å². The smallest absolute Gasteiger partial charge is 0.240 e. The number of sulfonamides is 1. The van der Waals surface area contributed by atoms with Gasteiger partial charge in [0.25, 0.3) is 0 Å². The van der Waals surface area contributed by atoms with E-state index in [0.29, 0.717) is 18.3 Å². The van der Waals surface area contributed by atoms with Crippen molar-refractivity contribution in [1.82, 2.24) is 9.71 Å². The lowest BCUT2D eigenvalue weighted by atomic mass is 9.83. The number of nitrogens with zero attached hydrogens (tertiary/aromatic N) is 1. The number of anilines is 1. The zero-order valence-corrected chi connectivity index (χ0v) is 12.5. The molecule has 112 valence electrons. The summed E-state index contributed by atoms with van der Waals surface area (Å²) in [6, 6.07) is 2.89. The van der Waals surface area contributed by atoms with Crippen LogP contribution in [0.1, 0.15) is 32.6 Å². The molecule has 4 N–H and O–H groups in total. The van der Waals surface area contributed by atoms with Gasteiger partial charge in [-0.2, -0.15) is 0 Å². The molecule has 1 aromatic heterocycles. The molecular weight excluding hydrogens is 276 g/mol. The molecule has 0 amide bonds. The predicted octanol–water partition coefficient (Wildman–Crippen LogP) is 1.47. The molecule has 0 atom stereocenters. The number of hydrogen-bond acceptors (Lipinski definition) is 5. The normalized spacial score (nSPS) is 23.5. The molecule has 2 rings (SSSR count). The molecular formula is C13H22N4O2S. The quantitative estimate of drug-likeness (QED) is 0.565. The Balaban J connectivity index is 1.96. The van der Waals surface area contributed by atoms with Gasteiger partial charge in [-0.1, -0.05) is 19.8 Å². The molecule has 0 aliphatic heterocycles. The van der Waals surface area contributed by atoms with Crippen LogP contribution in [0.25, 0.3) is 0 Å². The van der Waals surface area contributed by atoms with Crippen molar-refractivity contribution in [3.05, 3.63) is 18.3 Å². The number of rotatable bonds is 5. The summed E-state index contributed by atoms with van der Waals surface area (Å²) in [5, 5.41) is 0. The van der Waals surface area contributed by atoms with E-state index in [1.807, 2.05) is 0 Å². The summed E-state index contributed by atoms with van der Waals surface area (Å²) in [6.45, 7) is 2.75. The highest BCUT2D eigenvalue weighted by molar-refractivity contribution is 7.89. The third kappa shape index (κ3) is 3.91. The third-order valence-corrected chi connectivity index (χ3v) is 5.31. The monoisotopic (exact) mass is 298 g/mol. The van der Waals surface area contributed by atoms with Gasteiger partial charge in [0.15, 0.2) is 0 Å². The van der Waals surface area contributed by atoms with E-state index in [4.69, 9.17) is 5.84 Å². The van der Waals surface area contributed by atoms with Crippen LogP contribution < -0.4 is 16.0 Å². The molecule has 1 heterocycles. The predicted molar refractivity (Wildman–Crippen MR) is 78.4 cm³/mol. The summed E-state index contributed by atoms with van der Waals surface area (Å²) in [6.07, 6.45) is 5.98. The number of hydrazine groups is 1. The number of hydrogen-bond donors (Lipinski definition) is 3. The van der Waals surface area contributed by atoms with Gasteiger partial charge in [0.05, 0.1) is 4.90 Å². The topological polar surface area (TPSA) is 97.1 Å². The number of nitrogen functional groups attached to an aromatic ring is 1. The van der Waals surface area contributed by atoms with Crippen LogP contribution in [0, 0.1) is 11.8 Å². The lowest BCUT2D eigenvalue weighted by Crippen LogP contribution is -2.31. The lowest BCUT2D eigenvalue weighted by molar-refractivity contribution is 0.290. The van der Waals surface area contributed by atoms with E-state index in [-0.39, 0.29) is 4.90 Å².